The topological polar surface area (TPSA) is 120 Å². The van der Waals surface area contributed by atoms with Gasteiger partial charge in [0.05, 0.1) is 24.3 Å². The van der Waals surface area contributed by atoms with E-state index in [1.54, 1.807) is 16.4 Å². The maximum atomic E-state index is 14.6. The van der Waals surface area contributed by atoms with E-state index in [1.807, 2.05) is 48.7 Å². The molecule has 1 aromatic heterocycles. The molecule has 0 spiro atoms. The van der Waals surface area contributed by atoms with E-state index in [4.69, 9.17) is 5.11 Å². The summed E-state index contributed by atoms with van der Waals surface area (Å²) in [7, 11) is -3.96. The van der Waals surface area contributed by atoms with Crippen LogP contribution in [0.3, 0.4) is 0 Å². The minimum atomic E-state index is -3.96. The van der Waals surface area contributed by atoms with Crippen LogP contribution in [0.2, 0.25) is 0 Å². The van der Waals surface area contributed by atoms with Crippen molar-refractivity contribution in [1.82, 2.24) is 8.87 Å². The van der Waals surface area contributed by atoms with Crippen molar-refractivity contribution in [2.75, 3.05) is 13.1 Å². The van der Waals surface area contributed by atoms with Gasteiger partial charge in [0.2, 0.25) is 10.0 Å². The Morgan fingerprint density at radius 3 is 2.14 bits per heavy atom. The average molecular weight is 625 g/mol. The number of hydrogen-bond donors (Lipinski definition) is 3. The van der Waals surface area contributed by atoms with Crippen LogP contribution in [0.1, 0.15) is 64.5 Å². The Morgan fingerprint density at radius 1 is 0.977 bits per heavy atom. The molecule has 3 N–H and O–H groups in total. The number of aliphatic hydroxyl groups is 2. The molecule has 43 heavy (non-hydrogen) atoms. The number of hydrogen-bond acceptors (Lipinski definition) is 5. The molecule has 1 aliphatic rings. The zero-order chi connectivity index (χ0) is 30.6. The molecule has 0 aliphatic carbocycles. The first kappa shape index (κ1) is 35.4. The molecule has 0 unspecified atom stereocenters. The summed E-state index contributed by atoms with van der Waals surface area (Å²) in [4.78, 5) is 11.2. The van der Waals surface area contributed by atoms with Gasteiger partial charge in [0.15, 0.2) is 0 Å². The molecule has 1 aliphatic heterocycles. The normalized spacial score (nSPS) is 16.2. The number of rotatable bonds is 12. The summed E-state index contributed by atoms with van der Waals surface area (Å²) < 4.78 is 46.7. The summed E-state index contributed by atoms with van der Waals surface area (Å²) in [6, 6.07) is 15.2. The van der Waals surface area contributed by atoms with Crippen LogP contribution in [0.4, 0.5) is 4.39 Å². The van der Waals surface area contributed by atoms with Crippen molar-refractivity contribution in [1.29, 1.82) is 0 Å². The van der Waals surface area contributed by atoms with E-state index in [0.29, 0.717) is 47.1 Å². The molecule has 0 amide bonds. The Morgan fingerprint density at radius 2 is 1.58 bits per heavy atom. The fourth-order valence-electron chi connectivity index (χ4n) is 5.81. The van der Waals surface area contributed by atoms with Gasteiger partial charge < -0.3 is 19.9 Å². The fourth-order valence-corrected chi connectivity index (χ4v) is 7.84. The molecule has 1 fully saturated rings. The fraction of sp³-hybridized carbons (Fsp3) is 0.469. The van der Waals surface area contributed by atoms with E-state index in [2.05, 4.69) is 6.92 Å². The number of aromatic nitrogens is 1. The van der Waals surface area contributed by atoms with Crippen LogP contribution in [0, 0.1) is 11.7 Å². The van der Waals surface area contributed by atoms with Crippen molar-refractivity contribution in [2.24, 2.45) is 5.92 Å². The van der Waals surface area contributed by atoms with Crippen LogP contribution >= 0.6 is 0 Å². The molecule has 4 rings (SSSR count). The molecular formula is C32H42FN2NaO6S. The summed E-state index contributed by atoms with van der Waals surface area (Å²) in [5.74, 6) is -1.37. The molecule has 2 aromatic carbocycles. The zero-order valence-corrected chi connectivity index (χ0v) is 25.2. The molecule has 2 heterocycles. The number of piperidine rings is 1. The molecule has 3 aromatic rings. The first-order chi connectivity index (χ1) is 19.9. The number of carboxylic acid groups (broad SMARTS) is 1. The van der Waals surface area contributed by atoms with Crippen molar-refractivity contribution >= 4 is 45.5 Å². The number of benzene rings is 2. The SMILES string of the molecule is CC1CCN(S(=O)(=O)c2c(-c3ccccc3)c(-c3ccc(F)cc3)n(CC[C@@H](O)C[C@@H](O)CC(=O)O)c2C(C)C)CC1.[NaH]. The van der Waals surface area contributed by atoms with Crippen molar-refractivity contribution in [3.63, 3.8) is 0 Å². The summed E-state index contributed by atoms with van der Waals surface area (Å²) in [6.07, 6.45) is -1.14. The van der Waals surface area contributed by atoms with Crippen molar-refractivity contribution < 1.29 is 32.9 Å². The van der Waals surface area contributed by atoms with Gasteiger partial charge in [-0.3, -0.25) is 4.79 Å². The van der Waals surface area contributed by atoms with Gasteiger partial charge >= 0.3 is 35.5 Å². The molecule has 2 atom stereocenters. The molecule has 0 bridgehead atoms. The summed E-state index contributed by atoms with van der Waals surface area (Å²) in [6.45, 7) is 7.03. The number of aliphatic hydroxyl groups excluding tert-OH is 2. The standard InChI is InChI=1S/C32H41FN2O6S.Na.H/c1-21(2)30-32(42(40,41)34-16-13-22(3)14-17-34)29(23-7-5-4-6-8-23)31(24-9-11-25(33)12-10-24)35(30)18-15-26(36)19-27(37)20-28(38)39;;/h4-12,21-22,26-27,36-37H,13-20H2,1-3H3,(H,38,39);;/t26-,27-;;/m1../s1. The van der Waals surface area contributed by atoms with E-state index >= 15 is 0 Å². The third kappa shape index (κ3) is 8.36. The second kappa shape index (κ2) is 15.3. The molecular weight excluding hydrogens is 582 g/mol. The number of halogens is 1. The Labute approximate surface area is 275 Å². The number of carboxylic acids is 1. The average Bonchev–Trinajstić information content (AvgIpc) is 3.29. The van der Waals surface area contributed by atoms with Crippen LogP contribution in [0.25, 0.3) is 22.4 Å². The Bertz CT molecular complexity index is 1470. The van der Waals surface area contributed by atoms with Gasteiger partial charge in [-0.25, -0.2) is 12.8 Å². The van der Waals surface area contributed by atoms with Gasteiger partial charge in [0.25, 0.3) is 0 Å². The number of nitrogens with zero attached hydrogens (tertiary/aromatic N) is 2. The molecule has 0 radical (unpaired) electrons. The molecule has 1 saturated heterocycles. The van der Waals surface area contributed by atoms with Gasteiger partial charge in [-0.1, -0.05) is 51.1 Å². The number of sulfonamides is 1. The third-order valence-electron chi connectivity index (χ3n) is 7.97. The van der Waals surface area contributed by atoms with Gasteiger partial charge in [-0.05, 0) is 72.9 Å². The second-order valence-corrected chi connectivity index (χ2v) is 13.5. The van der Waals surface area contributed by atoms with Crippen LogP contribution in [0.5, 0.6) is 0 Å². The van der Waals surface area contributed by atoms with E-state index in [-0.39, 0.29) is 59.8 Å². The summed E-state index contributed by atoms with van der Waals surface area (Å²) >= 11 is 0. The van der Waals surface area contributed by atoms with E-state index in [0.717, 1.165) is 12.8 Å². The van der Waals surface area contributed by atoms with Gasteiger partial charge in [-0.2, -0.15) is 4.31 Å². The zero-order valence-electron chi connectivity index (χ0n) is 24.4. The van der Waals surface area contributed by atoms with Gasteiger partial charge in [-0.15, -0.1) is 0 Å². The van der Waals surface area contributed by atoms with E-state index in [1.165, 1.54) is 12.1 Å². The van der Waals surface area contributed by atoms with E-state index in [9.17, 15) is 27.8 Å². The first-order valence-corrected chi connectivity index (χ1v) is 16.0. The monoisotopic (exact) mass is 624 g/mol. The van der Waals surface area contributed by atoms with Crippen LogP contribution in [0.15, 0.2) is 59.5 Å². The molecule has 0 saturated carbocycles. The van der Waals surface area contributed by atoms with Crippen molar-refractivity contribution in [2.45, 2.75) is 82.4 Å². The van der Waals surface area contributed by atoms with Gasteiger partial charge in [0.1, 0.15) is 10.7 Å². The van der Waals surface area contributed by atoms with Crippen molar-refractivity contribution in [3.05, 3.63) is 66.1 Å². The Balaban J connectivity index is 0.00000506. The first-order valence-electron chi connectivity index (χ1n) is 14.6. The van der Waals surface area contributed by atoms with Crippen LogP contribution in [-0.4, -0.2) is 93.4 Å². The van der Waals surface area contributed by atoms with Crippen molar-refractivity contribution in [3.8, 4) is 22.4 Å². The number of carbonyl (C=O) groups is 1. The maximum absolute atomic E-state index is 14.6. The van der Waals surface area contributed by atoms with Crippen LogP contribution < -0.4 is 0 Å². The van der Waals surface area contributed by atoms with E-state index < -0.39 is 40.4 Å². The summed E-state index contributed by atoms with van der Waals surface area (Å²) in [5, 5.41) is 29.8. The number of aliphatic carboxylic acids is 1. The Hall–Kier alpha value is -2.05. The molecule has 230 valence electrons. The van der Waals surface area contributed by atoms with Gasteiger partial charge in [0, 0.05) is 30.9 Å². The predicted octanol–water partition coefficient (Wildman–Crippen LogP) is 4.83. The van der Waals surface area contributed by atoms with Crippen LogP contribution in [-0.2, 0) is 21.4 Å². The quantitative estimate of drug-likeness (QED) is 0.248. The third-order valence-corrected chi connectivity index (χ3v) is 9.94. The predicted molar refractivity (Wildman–Crippen MR) is 167 cm³/mol. The molecule has 11 heteroatoms. The Kier molecular flexibility index (Phi) is 12.6. The summed E-state index contributed by atoms with van der Waals surface area (Å²) in [5.41, 5.74) is 3.06. The second-order valence-electron chi connectivity index (χ2n) is 11.6. The minimum absolute atomic E-state index is 0. The molecule has 8 nitrogen and oxygen atoms in total.